The Morgan fingerprint density at radius 2 is 2.17 bits per heavy atom. The minimum Gasteiger partial charge on any atom is -0.487 e. The minimum atomic E-state index is -0.392. The van der Waals surface area contributed by atoms with Gasteiger partial charge in [-0.25, -0.2) is 9.18 Å². The summed E-state index contributed by atoms with van der Waals surface area (Å²) in [6.07, 6.45) is 4.37. The normalized spacial score (nSPS) is 30.7. The summed E-state index contributed by atoms with van der Waals surface area (Å²) in [5.41, 5.74) is 0.192. The molecule has 2 heterocycles. The standard InChI is InChI=1S/C22H29FN2O4/c1-3-4-16(21(2)10-14-9-17(23)5-6-18(14)29-21)7-8-24-19(26)15-11-22(12-15)13-28-20(27)25-22/h5-6,9,15-16H,3-4,7-8,10-13H2,1-2H3,(H,24,26)(H,25,27). The molecule has 2 unspecified atom stereocenters. The number of ether oxygens (including phenoxy) is 2. The predicted molar refractivity (Wildman–Crippen MR) is 105 cm³/mol. The van der Waals surface area contributed by atoms with Gasteiger partial charge in [0.25, 0.3) is 0 Å². The Bertz CT molecular complexity index is 808. The molecule has 1 aliphatic carbocycles. The smallest absolute Gasteiger partial charge is 0.407 e. The summed E-state index contributed by atoms with van der Waals surface area (Å²) in [5, 5.41) is 5.87. The van der Waals surface area contributed by atoms with Gasteiger partial charge in [0.1, 0.15) is 23.8 Å². The van der Waals surface area contributed by atoms with Gasteiger partial charge in [0.2, 0.25) is 5.91 Å². The lowest BCUT2D eigenvalue weighted by Gasteiger charge is -2.42. The summed E-state index contributed by atoms with van der Waals surface area (Å²) in [6.45, 7) is 5.17. The van der Waals surface area contributed by atoms with Gasteiger partial charge in [-0.2, -0.15) is 0 Å². The maximum atomic E-state index is 13.6. The number of hydrogen-bond acceptors (Lipinski definition) is 4. The van der Waals surface area contributed by atoms with E-state index < -0.39 is 6.09 Å². The van der Waals surface area contributed by atoms with Crippen LogP contribution in [0.15, 0.2) is 18.2 Å². The van der Waals surface area contributed by atoms with Gasteiger partial charge in [-0.3, -0.25) is 4.79 Å². The molecular weight excluding hydrogens is 375 g/mol. The summed E-state index contributed by atoms with van der Waals surface area (Å²) in [5.74, 6) is 0.748. The van der Waals surface area contributed by atoms with Crippen molar-refractivity contribution >= 4 is 12.0 Å². The number of carbonyl (C=O) groups excluding carboxylic acids is 2. The Kier molecular flexibility index (Phi) is 5.17. The molecule has 4 rings (SSSR count). The van der Waals surface area contributed by atoms with Crippen molar-refractivity contribution in [3.05, 3.63) is 29.6 Å². The fraction of sp³-hybridized carbons (Fsp3) is 0.636. The number of alkyl carbamates (subject to hydrolysis) is 1. The first-order valence-corrected chi connectivity index (χ1v) is 10.5. The molecule has 2 fully saturated rings. The molecule has 1 spiro atoms. The molecule has 158 valence electrons. The third-order valence-electron chi connectivity index (χ3n) is 6.69. The van der Waals surface area contributed by atoms with Gasteiger partial charge in [0.15, 0.2) is 0 Å². The SMILES string of the molecule is CCCC(CCNC(=O)C1CC2(COC(=O)N2)C1)C1(C)Cc2cc(F)ccc2O1. The molecule has 6 nitrogen and oxygen atoms in total. The zero-order chi connectivity index (χ0) is 20.6. The molecule has 1 saturated heterocycles. The topological polar surface area (TPSA) is 76.7 Å². The van der Waals surface area contributed by atoms with Crippen LogP contribution < -0.4 is 15.4 Å². The number of nitrogens with one attached hydrogen (secondary N) is 2. The van der Waals surface area contributed by atoms with Crippen molar-refractivity contribution in [3.8, 4) is 5.75 Å². The lowest BCUT2D eigenvalue weighted by molar-refractivity contribution is -0.130. The number of hydrogen-bond donors (Lipinski definition) is 2. The molecule has 1 aromatic rings. The van der Waals surface area contributed by atoms with Gasteiger partial charge in [-0.1, -0.05) is 13.3 Å². The van der Waals surface area contributed by atoms with Gasteiger partial charge in [0.05, 0.1) is 5.54 Å². The second-order valence-corrected chi connectivity index (χ2v) is 9.00. The van der Waals surface area contributed by atoms with Crippen LogP contribution in [0.5, 0.6) is 5.75 Å². The minimum absolute atomic E-state index is 0.0369. The van der Waals surface area contributed by atoms with Crippen molar-refractivity contribution in [2.45, 2.75) is 63.5 Å². The van der Waals surface area contributed by atoms with E-state index in [1.807, 2.05) is 0 Å². The summed E-state index contributed by atoms with van der Waals surface area (Å²) >= 11 is 0. The first kappa shape index (κ1) is 20.0. The maximum Gasteiger partial charge on any atom is 0.407 e. The van der Waals surface area contributed by atoms with E-state index in [2.05, 4.69) is 24.5 Å². The second-order valence-electron chi connectivity index (χ2n) is 9.00. The van der Waals surface area contributed by atoms with Crippen molar-refractivity contribution in [3.63, 3.8) is 0 Å². The Morgan fingerprint density at radius 1 is 1.38 bits per heavy atom. The van der Waals surface area contributed by atoms with Crippen molar-refractivity contribution in [1.29, 1.82) is 0 Å². The van der Waals surface area contributed by atoms with Gasteiger partial charge in [0, 0.05) is 30.4 Å². The predicted octanol–water partition coefficient (Wildman–Crippen LogP) is 3.33. The zero-order valence-corrected chi connectivity index (χ0v) is 17.1. The van der Waals surface area contributed by atoms with Crippen molar-refractivity contribution in [1.82, 2.24) is 10.6 Å². The van der Waals surface area contributed by atoms with Crippen LogP contribution >= 0.6 is 0 Å². The van der Waals surface area contributed by atoms with Gasteiger partial charge in [-0.15, -0.1) is 0 Å². The molecule has 0 aromatic heterocycles. The summed E-state index contributed by atoms with van der Waals surface area (Å²) in [6, 6.07) is 4.70. The molecule has 3 aliphatic rings. The monoisotopic (exact) mass is 404 g/mol. The van der Waals surface area contributed by atoms with Crippen molar-refractivity contribution < 1.29 is 23.5 Å². The Labute approximate surface area is 170 Å². The molecule has 0 radical (unpaired) electrons. The highest BCUT2D eigenvalue weighted by molar-refractivity contribution is 5.81. The average molecular weight is 404 g/mol. The lowest BCUT2D eigenvalue weighted by Crippen LogP contribution is -2.57. The van der Waals surface area contributed by atoms with E-state index in [4.69, 9.17) is 9.47 Å². The van der Waals surface area contributed by atoms with Crippen LogP contribution in [0.25, 0.3) is 0 Å². The highest BCUT2D eigenvalue weighted by Gasteiger charge is 2.52. The largest absolute Gasteiger partial charge is 0.487 e. The van der Waals surface area contributed by atoms with Crippen LogP contribution in [0.3, 0.4) is 0 Å². The number of halogens is 1. The highest BCUT2D eigenvalue weighted by atomic mass is 19.1. The molecule has 2 aliphatic heterocycles. The van der Waals surface area contributed by atoms with Crippen molar-refractivity contribution in [2.24, 2.45) is 11.8 Å². The van der Waals surface area contributed by atoms with E-state index in [9.17, 15) is 14.0 Å². The summed E-state index contributed by atoms with van der Waals surface area (Å²) in [4.78, 5) is 23.7. The van der Waals surface area contributed by atoms with E-state index in [1.54, 1.807) is 12.1 Å². The van der Waals surface area contributed by atoms with Crippen LogP contribution in [0.1, 0.15) is 51.5 Å². The molecule has 29 heavy (non-hydrogen) atoms. The molecule has 2 amide bonds. The third-order valence-corrected chi connectivity index (χ3v) is 6.69. The number of cyclic esters (lactones) is 1. The van der Waals surface area contributed by atoms with Crippen LogP contribution in [0.4, 0.5) is 9.18 Å². The number of benzene rings is 1. The fourth-order valence-electron chi connectivity index (χ4n) is 5.08. The van der Waals surface area contributed by atoms with E-state index in [-0.39, 0.29) is 34.7 Å². The first-order chi connectivity index (χ1) is 13.8. The zero-order valence-electron chi connectivity index (χ0n) is 17.1. The summed E-state index contributed by atoms with van der Waals surface area (Å²) in [7, 11) is 0. The lowest BCUT2D eigenvalue weighted by atomic mass is 9.68. The molecule has 1 saturated carbocycles. The second kappa shape index (κ2) is 7.50. The van der Waals surface area contributed by atoms with Crippen LogP contribution in [0.2, 0.25) is 0 Å². The number of rotatable bonds is 7. The summed E-state index contributed by atoms with van der Waals surface area (Å²) < 4.78 is 24.8. The van der Waals surface area contributed by atoms with Crippen LogP contribution in [-0.4, -0.2) is 36.3 Å². The van der Waals surface area contributed by atoms with E-state index >= 15 is 0 Å². The molecule has 0 bridgehead atoms. The Balaban J connectivity index is 1.28. The van der Waals surface area contributed by atoms with E-state index in [0.29, 0.717) is 32.4 Å². The van der Waals surface area contributed by atoms with Crippen LogP contribution in [-0.2, 0) is 16.0 Å². The fourth-order valence-corrected chi connectivity index (χ4v) is 5.08. The first-order valence-electron chi connectivity index (χ1n) is 10.5. The average Bonchev–Trinajstić information content (AvgIpc) is 3.19. The number of amides is 2. The quantitative estimate of drug-likeness (QED) is 0.731. The molecule has 1 aromatic carbocycles. The molecule has 2 atom stereocenters. The number of fused-ring (bicyclic) bond motifs is 1. The molecule has 7 heteroatoms. The molecular formula is C22H29FN2O4. The van der Waals surface area contributed by atoms with Gasteiger partial charge < -0.3 is 20.1 Å². The molecule has 2 N–H and O–H groups in total. The van der Waals surface area contributed by atoms with Crippen molar-refractivity contribution in [2.75, 3.05) is 13.2 Å². The van der Waals surface area contributed by atoms with Gasteiger partial charge >= 0.3 is 6.09 Å². The Hall–Kier alpha value is -2.31. The third kappa shape index (κ3) is 3.91. The maximum absolute atomic E-state index is 13.6. The Morgan fingerprint density at radius 3 is 2.86 bits per heavy atom. The number of carbonyl (C=O) groups is 2. The van der Waals surface area contributed by atoms with E-state index in [0.717, 1.165) is 30.6 Å². The highest BCUT2D eigenvalue weighted by Crippen LogP contribution is 2.42. The van der Waals surface area contributed by atoms with Gasteiger partial charge in [-0.05, 0) is 50.8 Å². The van der Waals surface area contributed by atoms with E-state index in [1.165, 1.54) is 6.07 Å². The van der Waals surface area contributed by atoms with Crippen LogP contribution in [0, 0.1) is 17.7 Å².